The third-order valence-corrected chi connectivity index (χ3v) is 7.55. The van der Waals surface area contributed by atoms with E-state index in [1.807, 2.05) is 6.26 Å². The summed E-state index contributed by atoms with van der Waals surface area (Å²) in [6.07, 6.45) is 2.22. The molecule has 0 aliphatic carbocycles. The molecule has 2 aromatic carbocycles. The number of anilines is 1. The number of nitrogens with one attached hydrogen (secondary N) is 1. The van der Waals surface area contributed by atoms with Crippen LogP contribution in [-0.2, 0) is 19.1 Å². The molecule has 10 heteroatoms. The number of benzene rings is 2. The summed E-state index contributed by atoms with van der Waals surface area (Å²) in [5, 5.41) is 13.1. The molecular formula is C25H26N2O7S. The van der Waals surface area contributed by atoms with Gasteiger partial charge in [-0.25, -0.2) is 4.90 Å². The molecule has 4 atom stereocenters. The highest BCUT2D eigenvalue weighted by Gasteiger charge is 2.68. The lowest BCUT2D eigenvalue weighted by molar-refractivity contribution is -0.152. The van der Waals surface area contributed by atoms with Gasteiger partial charge in [0.1, 0.15) is 24.5 Å². The summed E-state index contributed by atoms with van der Waals surface area (Å²) in [6.45, 7) is 0.797. The molecule has 9 nitrogen and oxygen atoms in total. The van der Waals surface area contributed by atoms with Gasteiger partial charge >= 0.3 is 5.97 Å². The number of nitrogens with zero attached hydrogens (tertiary/aromatic N) is 1. The number of aromatic hydroxyl groups is 1. The molecule has 0 saturated carbocycles. The van der Waals surface area contributed by atoms with E-state index >= 15 is 0 Å². The van der Waals surface area contributed by atoms with Crippen LogP contribution in [0.1, 0.15) is 18.0 Å². The number of amides is 2. The van der Waals surface area contributed by atoms with Crippen LogP contribution in [0.15, 0.2) is 42.5 Å². The number of methoxy groups -OCH3 is 1. The Morgan fingerprint density at radius 1 is 1.14 bits per heavy atom. The number of imide groups is 1. The van der Waals surface area contributed by atoms with Crippen molar-refractivity contribution in [1.29, 1.82) is 0 Å². The fourth-order valence-electron chi connectivity index (χ4n) is 5.36. The van der Waals surface area contributed by atoms with E-state index in [1.165, 1.54) is 19.2 Å². The summed E-state index contributed by atoms with van der Waals surface area (Å²) in [5.41, 5.74) is -0.315. The number of hydrogen-bond donors (Lipinski definition) is 2. The fraction of sp³-hybridized carbons (Fsp3) is 0.400. The van der Waals surface area contributed by atoms with Gasteiger partial charge in [0.2, 0.25) is 11.8 Å². The standard InChI is InChI=1S/C25H26N2O7S/c1-32-24(31)25(9-12-35-2)20-19(21(26-25)14-3-6-16(28)7-4-14)22(29)27(23(20)30)15-5-8-17-18(13-15)34-11-10-33-17/h3-8,13,19-21,26,28H,9-12H2,1-2H3/t19-,20-,21-,25-/m0/s1. The van der Waals surface area contributed by atoms with E-state index in [2.05, 4.69) is 5.32 Å². The van der Waals surface area contributed by atoms with Gasteiger partial charge in [-0.05, 0) is 48.3 Å². The van der Waals surface area contributed by atoms with E-state index in [1.54, 1.807) is 42.1 Å². The summed E-state index contributed by atoms with van der Waals surface area (Å²) in [4.78, 5) is 42.2. The van der Waals surface area contributed by atoms with Crippen molar-refractivity contribution in [3.8, 4) is 17.2 Å². The largest absolute Gasteiger partial charge is 0.508 e. The number of phenols is 1. The zero-order valence-corrected chi connectivity index (χ0v) is 20.2. The molecule has 184 valence electrons. The minimum absolute atomic E-state index is 0.0802. The van der Waals surface area contributed by atoms with Crippen molar-refractivity contribution in [2.75, 3.05) is 37.2 Å². The van der Waals surface area contributed by atoms with Crippen LogP contribution in [0.3, 0.4) is 0 Å². The Bertz CT molecular complexity index is 1170. The van der Waals surface area contributed by atoms with Crippen molar-refractivity contribution in [3.05, 3.63) is 48.0 Å². The maximum atomic E-state index is 13.9. The Morgan fingerprint density at radius 3 is 2.54 bits per heavy atom. The lowest BCUT2D eigenvalue weighted by atomic mass is 9.78. The van der Waals surface area contributed by atoms with E-state index in [-0.39, 0.29) is 5.75 Å². The summed E-state index contributed by atoms with van der Waals surface area (Å²) in [7, 11) is 1.29. The molecule has 3 aliphatic rings. The molecule has 0 aromatic heterocycles. The summed E-state index contributed by atoms with van der Waals surface area (Å²) >= 11 is 1.54. The molecule has 2 aromatic rings. The number of rotatable bonds is 6. The Morgan fingerprint density at radius 2 is 1.86 bits per heavy atom. The van der Waals surface area contributed by atoms with Gasteiger partial charge in [0.15, 0.2) is 11.5 Å². The predicted octanol–water partition coefficient (Wildman–Crippen LogP) is 2.28. The smallest absolute Gasteiger partial charge is 0.326 e. The minimum atomic E-state index is -1.37. The molecular weight excluding hydrogens is 472 g/mol. The number of phenolic OH excluding ortho intramolecular Hbond substituents is 1. The van der Waals surface area contributed by atoms with Crippen LogP contribution >= 0.6 is 11.8 Å². The van der Waals surface area contributed by atoms with Crippen LogP contribution < -0.4 is 19.7 Å². The highest BCUT2D eigenvalue weighted by molar-refractivity contribution is 7.98. The summed E-state index contributed by atoms with van der Waals surface area (Å²) in [5.74, 6) is -1.56. The SMILES string of the molecule is COC(=O)[C@@]1(CCSC)N[C@@H](c2ccc(O)cc2)[C@H]2C(=O)N(c3ccc4c(c3)OCCO4)C(=O)[C@H]21. The van der Waals surface area contributed by atoms with Gasteiger partial charge in [-0.1, -0.05) is 12.1 Å². The number of ether oxygens (including phenoxy) is 3. The van der Waals surface area contributed by atoms with E-state index in [0.29, 0.717) is 48.1 Å². The minimum Gasteiger partial charge on any atom is -0.508 e. The molecule has 0 spiro atoms. The van der Waals surface area contributed by atoms with Crippen molar-refractivity contribution in [2.24, 2.45) is 11.8 Å². The molecule has 35 heavy (non-hydrogen) atoms. The maximum absolute atomic E-state index is 13.9. The zero-order chi connectivity index (χ0) is 24.7. The second-order valence-corrected chi connectivity index (χ2v) is 9.75. The van der Waals surface area contributed by atoms with Crippen molar-refractivity contribution in [2.45, 2.75) is 18.0 Å². The summed E-state index contributed by atoms with van der Waals surface area (Å²) < 4.78 is 16.4. The van der Waals surface area contributed by atoms with Crippen LogP contribution in [0.4, 0.5) is 5.69 Å². The Labute approximate surface area is 206 Å². The Balaban J connectivity index is 1.61. The topological polar surface area (TPSA) is 114 Å². The third kappa shape index (κ3) is 3.71. The molecule has 5 rings (SSSR count). The van der Waals surface area contributed by atoms with E-state index < -0.39 is 41.2 Å². The second kappa shape index (κ2) is 9.09. The summed E-state index contributed by atoms with van der Waals surface area (Å²) in [6, 6.07) is 10.7. The monoisotopic (exact) mass is 498 g/mol. The van der Waals surface area contributed by atoms with E-state index in [0.717, 1.165) is 4.90 Å². The average molecular weight is 499 g/mol. The van der Waals surface area contributed by atoms with Gasteiger partial charge in [0.05, 0.1) is 24.6 Å². The first-order valence-corrected chi connectivity index (χ1v) is 12.7. The third-order valence-electron chi connectivity index (χ3n) is 6.94. The first-order valence-electron chi connectivity index (χ1n) is 11.3. The van der Waals surface area contributed by atoms with Crippen LogP contribution in [0, 0.1) is 11.8 Å². The normalized spacial score (nSPS) is 27.1. The van der Waals surface area contributed by atoms with Gasteiger partial charge in [0.25, 0.3) is 0 Å². The molecule has 2 N–H and O–H groups in total. The van der Waals surface area contributed by atoms with Crippen LogP contribution in [-0.4, -0.2) is 60.8 Å². The number of carbonyl (C=O) groups excluding carboxylic acids is 3. The molecule has 2 amide bonds. The zero-order valence-electron chi connectivity index (χ0n) is 19.4. The molecule has 0 unspecified atom stereocenters. The van der Waals surface area contributed by atoms with Crippen molar-refractivity contribution in [3.63, 3.8) is 0 Å². The lowest BCUT2D eigenvalue weighted by Gasteiger charge is -2.32. The predicted molar refractivity (Wildman–Crippen MR) is 129 cm³/mol. The van der Waals surface area contributed by atoms with Gasteiger partial charge in [-0.15, -0.1) is 0 Å². The molecule has 2 fully saturated rings. The average Bonchev–Trinajstić information content (AvgIpc) is 3.36. The van der Waals surface area contributed by atoms with Crippen LogP contribution in [0.25, 0.3) is 0 Å². The van der Waals surface area contributed by atoms with Crippen molar-refractivity contribution in [1.82, 2.24) is 5.32 Å². The molecule has 0 radical (unpaired) electrons. The van der Waals surface area contributed by atoms with Gasteiger partial charge < -0.3 is 19.3 Å². The van der Waals surface area contributed by atoms with E-state index in [4.69, 9.17) is 14.2 Å². The molecule has 2 saturated heterocycles. The first-order chi connectivity index (χ1) is 16.9. The lowest BCUT2D eigenvalue weighted by Crippen LogP contribution is -2.56. The fourth-order valence-corrected chi connectivity index (χ4v) is 5.89. The highest BCUT2D eigenvalue weighted by atomic mass is 32.2. The molecule has 3 aliphatic heterocycles. The van der Waals surface area contributed by atoms with Crippen molar-refractivity contribution < 1.29 is 33.7 Å². The number of fused-ring (bicyclic) bond motifs is 2. The van der Waals surface area contributed by atoms with Crippen molar-refractivity contribution >= 4 is 35.2 Å². The second-order valence-electron chi connectivity index (χ2n) is 8.76. The van der Waals surface area contributed by atoms with Crippen LogP contribution in [0.2, 0.25) is 0 Å². The highest BCUT2D eigenvalue weighted by Crippen LogP contribution is 2.52. The van der Waals surface area contributed by atoms with Gasteiger partial charge in [-0.2, -0.15) is 11.8 Å². The number of thioether (sulfide) groups is 1. The van der Waals surface area contributed by atoms with E-state index in [9.17, 15) is 19.5 Å². The molecule has 3 heterocycles. The van der Waals surface area contributed by atoms with Crippen LogP contribution in [0.5, 0.6) is 17.2 Å². The van der Waals surface area contributed by atoms with Gasteiger partial charge in [-0.3, -0.25) is 19.7 Å². The Hall–Kier alpha value is -3.24. The first kappa shape index (κ1) is 23.5. The quantitative estimate of drug-likeness (QED) is 0.457. The Kier molecular flexibility index (Phi) is 6.10. The number of carbonyl (C=O) groups is 3. The number of esters is 1. The molecule has 0 bridgehead atoms. The van der Waals surface area contributed by atoms with Gasteiger partial charge in [0, 0.05) is 12.1 Å². The number of hydrogen-bond acceptors (Lipinski definition) is 9. The maximum Gasteiger partial charge on any atom is 0.326 e.